The molecule has 6 nitrogen and oxygen atoms in total. The molecule has 2 aromatic heterocycles. The number of imidazole rings is 1. The highest BCUT2D eigenvalue weighted by atomic mass is 32.1. The van der Waals surface area contributed by atoms with Crippen LogP contribution >= 0.6 is 11.3 Å². The van der Waals surface area contributed by atoms with Gasteiger partial charge in [0, 0.05) is 30.5 Å². The summed E-state index contributed by atoms with van der Waals surface area (Å²) in [6.45, 7) is 3.33. The number of H-pyrrole nitrogens is 1. The molecule has 20 heavy (non-hydrogen) atoms. The van der Waals surface area contributed by atoms with E-state index in [1.165, 1.54) is 11.3 Å². The Morgan fingerprint density at radius 1 is 1.60 bits per heavy atom. The maximum Gasteiger partial charge on any atom is 0.223 e. The molecule has 0 atom stereocenters. The minimum Gasteiger partial charge on any atom is -0.375 e. The zero-order chi connectivity index (χ0) is 14.1. The lowest BCUT2D eigenvalue weighted by Gasteiger charge is -2.26. The molecular weight excluding hydrogens is 274 g/mol. The Morgan fingerprint density at radius 3 is 3.20 bits per heavy atom. The van der Waals surface area contributed by atoms with E-state index in [1.807, 2.05) is 11.8 Å². The standard InChI is InChI=1S/C13H17N5OS/c1-8-16-10-4-5-18(7-11(10)17-8)12(19)3-2-9-6-15-13(14)20-9/h6H,2-5,7H2,1H3,(H2,14,15)(H,16,17). The van der Waals surface area contributed by atoms with Crippen LogP contribution in [0.5, 0.6) is 0 Å². The second-order valence-corrected chi connectivity index (χ2v) is 6.12. The minimum absolute atomic E-state index is 0.176. The molecule has 1 aliphatic rings. The van der Waals surface area contributed by atoms with Crippen molar-refractivity contribution in [2.45, 2.75) is 32.7 Å². The van der Waals surface area contributed by atoms with Crippen LogP contribution in [0.1, 0.15) is 28.5 Å². The molecule has 3 heterocycles. The second kappa shape index (κ2) is 5.24. The van der Waals surface area contributed by atoms with Crippen LogP contribution in [0.3, 0.4) is 0 Å². The van der Waals surface area contributed by atoms with Crippen molar-refractivity contribution < 1.29 is 4.79 Å². The molecule has 0 aliphatic carbocycles. The lowest BCUT2D eigenvalue weighted by molar-refractivity contribution is -0.132. The molecule has 0 radical (unpaired) electrons. The number of nitrogen functional groups attached to an aromatic ring is 1. The SMILES string of the molecule is Cc1nc2c([nH]1)CN(C(=O)CCc1cnc(N)s1)CC2. The Labute approximate surface area is 121 Å². The van der Waals surface area contributed by atoms with Gasteiger partial charge < -0.3 is 15.6 Å². The molecule has 0 spiro atoms. The third-order valence-corrected chi connectivity index (χ3v) is 4.35. The van der Waals surface area contributed by atoms with Gasteiger partial charge in [-0.3, -0.25) is 4.79 Å². The maximum atomic E-state index is 12.2. The Hall–Kier alpha value is -1.89. The third-order valence-electron chi connectivity index (χ3n) is 3.46. The van der Waals surface area contributed by atoms with E-state index in [2.05, 4.69) is 15.0 Å². The number of nitrogens with zero attached hydrogens (tertiary/aromatic N) is 3. The number of hydrogen-bond acceptors (Lipinski definition) is 5. The molecule has 106 valence electrons. The lowest BCUT2D eigenvalue weighted by Crippen LogP contribution is -2.36. The Kier molecular flexibility index (Phi) is 3.43. The van der Waals surface area contributed by atoms with E-state index < -0.39 is 0 Å². The number of nitrogens with one attached hydrogen (secondary N) is 1. The van der Waals surface area contributed by atoms with Gasteiger partial charge in [0.1, 0.15) is 5.82 Å². The number of anilines is 1. The van der Waals surface area contributed by atoms with Gasteiger partial charge in [0.05, 0.1) is 17.9 Å². The van der Waals surface area contributed by atoms with Gasteiger partial charge >= 0.3 is 0 Å². The number of aryl methyl sites for hydroxylation is 2. The quantitative estimate of drug-likeness (QED) is 0.891. The summed E-state index contributed by atoms with van der Waals surface area (Å²) in [5.74, 6) is 1.10. The van der Waals surface area contributed by atoms with Crippen LogP contribution in [0.15, 0.2) is 6.20 Å². The smallest absolute Gasteiger partial charge is 0.223 e. The van der Waals surface area contributed by atoms with Gasteiger partial charge in [-0.05, 0) is 13.3 Å². The van der Waals surface area contributed by atoms with Gasteiger partial charge in [-0.2, -0.15) is 0 Å². The van der Waals surface area contributed by atoms with Gasteiger partial charge in [-0.15, -0.1) is 11.3 Å². The van der Waals surface area contributed by atoms with E-state index in [4.69, 9.17) is 5.73 Å². The van der Waals surface area contributed by atoms with Gasteiger partial charge in [-0.1, -0.05) is 0 Å². The molecule has 0 unspecified atom stereocenters. The van der Waals surface area contributed by atoms with Crippen molar-refractivity contribution in [1.82, 2.24) is 19.9 Å². The highest BCUT2D eigenvalue weighted by Crippen LogP contribution is 2.19. The molecule has 7 heteroatoms. The van der Waals surface area contributed by atoms with Crippen molar-refractivity contribution in [3.05, 3.63) is 28.3 Å². The highest BCUT2D eigenvalue weighted by molar-refractivity contribution is 7.15. The van der Waals surface area contributed by atoms with Crippen LogP contribution in [-0.2, 0) is 24.2 Å². The first kappa shape index (κ1) is 13.1. The maximum absolute atomic E-state index is 12.2. The summed E-state index contributed by atoms with van der Waals surface area (Å²) in [5.41, 5.74) is 7.76. The molecule has 0 fully saturated rings. The molecule has 0 saturated carbocycles. The summed E-state index contributed by atoms with van der Waals surface area (Å²) >= 11 is 1.45. The fourth-order valence-corrected chi connectivity index (χ4v) is 3.16. The van der Waals surface area contributed by atoms with Crippen LogP contribution in [0.4, 0.5) is 5.13 Å². The van der Waals surface area contributed by atoms with Crippen molar-refractivity contribution in [3.8, 4) is 0 Å². The second-order valence-electron chi connectivity index (χ2n) is 4.98. The Morgan fingerprint density at radius 2 is 2.45 bits per heavy atom. The topological polar surface area (TPSA) is 87.9 Å². The van der Waals surface area contributed by atoms with Gasteiger partial charge in [0.2, 0.25) is 5.91 Å². The Balaban J connectivity index is 1.58. The Bertz CT molecular complexity index is 632. The predicted molar refractivity (Wildman–Crippen MR) is 77.3 cm³/mol. The average molecular weight is 291 g/mol. The van der Waals surface area contributed by atoms with Crippen molar-refractivity contribution >= 4 is 22.4 Å². The number of aromatic nitrogens is 3. The summed E-state index contributed by atoms with van der Waals surface area (Å²) in [4.78, 5) is 26.8. The summed E-state index contributed by atoms with van der Waals surface area (Å²) in [6, 6.07) is 0. The first-order chi connectivity index (χ1) is 9.61. The van der Waals surface area contributed by atoms with Crippen LogP contribution in [-0.4, -0.2) is 32.3 Å². The van der Waals surface area contributed by atoms with Crippen LogP contribution in [0.25, 0.3) is 0 Å². The number of rotatable bonds is 3. The number of amides is 1. The van der Waals surface area contributed by atoms with Crippen molar-refractivity contribution in [2.75, 3.05) is 12.3 Å². The summed E-state index contributed by atoms with van der Waals surface area (Å²) < 4.78 is 0. The van der Waals surface area contributed by atoms with Crippen molar-refractivity contribution in [2.24, 2.45) is 0 Å². The van der Waals surface area contributed by atoms with Gasteiger partial charge in [0.25, 0.3) is 0 Å². The minimum atomic E-state index is 0.176. The number of carbonyl (C=O) groups is 1. The van der Waals surface area contributed by atoms with Crippen LogP contribution < -0.4 is 5.73 Å². The third kappa shape index (κ3) is 2.67. The molecule has 3 N–H and O–H groups in total. The highest BCUT2D eigenvalue weighted by Gasteiger charge is 2.22. The van der Waals surface area contributed by atoms with E-state index in [1.54, 1.807) is 6.20 Å². The van der Waals surface area contributed by atoms with Gasteiger partial charge in [-0.25, -0.2) is 9.97 Å². The van der Waals surface area contributed by atoms with Crippen molar-refractivity contribution in [1.29, 1.82) is 0 Å². The summed E-state index contributed by atoms with van der Waals surface area (Å²) in [5, 5.41) is 0.558. The fraction of sp³-hybridized carbons (Fsp3) is 0.462. The number of aromatic amines is 1. The zero-order valence-electron chi connectivity index (χ0n) is 11.3. The molecule has 1 aliphatic heterocycles. The monoisotopic (exact) mass is 291 g/mol. The average Bonchev–Trinajstić information content (AvgIpc) is 2.99. The zero-order valence-corrected chi connectivity index (χ0v) is 12.2. The lowest BCUT2D eigenvalue weighted by atomic mass is 10.1. The summed E-state index contributed by atoms with van der Waals surface area (Å²) in [6.07, 6.45) is 3.79. The number of fused-ring (bicyclic) bond motifs is 1. The van der Waals surface area contributed by atoms with Crippen molar-refractivity contribution in [3.63, 3.8) is 0 Å². The molecule has 0 saturated heterocycles. The molecular formula is C13H17N5OS. The van der Waals surface area contributed by atoms with E-state index in [-0.39, 0.29) is 5.91 Å². The van der Waals surface area contributed by atoms with Gasteiger partial charge in [0.15, 0.2) is 5.13 Å². The fourth-order valence-electron chi connectivity index (χ4n) is 2.48. The number of thiazole rings is 1. The molecule has 2 aromatic rings. The molecule has 1 amide bonds. The van der Waals surface area contributed by atoms with E-state index in [9.17, 15) is 4.79 Å². The van der Waals surface area contributed by atoms with E-state index in [0.29, 0.717) is 24.5 Å². The summed E-state index contributed by atoms with van der Waals surface area (Å²) in [7, 11) is 0. The molecule has 3 rings (SSSR count). The molecule has 0 aromatic carbocycles. The van der Waals surface area contributed by atoms with E-state index in [0.717, 1.165) is 35.1 Å². The first-order valence-electron chi connectivity index (χ1n) is 6.64. The van der Waals surface area contributed by atoms with Crippen LogP contribution in [0.2, 0.25) is 0 Å². The largest absolute Gasteiger partial charge is 0.375 e. The van der Waals surface area contributed by atoms with E-state index >= 15 is 0 Å². The molecule has 0 bridgehead atoms. The first-order valence-corrected chi connectivity index (χ1v) is 7.46. The number of nitrogens with two attached hydrogens (primary N) is 1. The number of carbonyl (C=O) groups excluding carboxylic acids is 1. The number of hydrogen-bond donors (Lipinski definition) is 2. The predicted octanol–water partition coefficient (Wildman–Crippen LogP) is 1.27. The van der Waals surface area contributed by atoms with Crippen LogP contribution in [0, 0.1) is 6.92 Å². The normalized spacial score (nSPS) is 14.3.